The topological polar surface area (TPSA) is 4.93 Å². The summed E-state index contributed by atoms with van der Waals surface area (Å²) in [5, 5.41) is 2.63. The minimum Gasteiger partial charge on any atom is -0.310 e. The summed E-state index contributed by atoms with van der Waals surface area (Å²) in [6.45, 7) is 27.2. The van der Waals surface area contributed by atoms with E-state index in [9.17, 15) is 0 Å². The normalized spacial score (nSPS) is 12.2. The Morgan fingerprint density at radius 1 is 0.357 bits per heavy atom. The molecule has 0 saturated carbocycles. The molecule has 0 saturated heterocycles. The Labute approximate surface area is 334 Å². The summed E-state index contributed by atoms with van der Waals surface area (Å²) < 4.78 is 2.60. The predicted octanol–water partition coefficient (Wildman–Crippen LogP) is 12.3. The molecule has 9 rings (SSSR count). The zero-order valence-electron chi connectivity index (χ0n) is 35.3. The number of aromatic nitrogens is 1. The zero-order valence-corrected chi connectivity index (χ0v) is 35.3. The molecule has 0 atom stereocenters. The van der Waals surface area contributed by atoms with Gasteiger partial charge in [0.2, 0.25) is 6.71 Å². The van der Waals surface area contributed by atoms with Crippen LogP contribution in [0.1, 0.15) is 66.8 Å². The van der Waals surface area contributed by atoms with Gasteiger partial charge in [-0.2, -0.15) is 0 Å². The first-order valence-electron chi connectivity index (χ1n) is 20.3. The molecule has 1 aliphatic rings. The first-order chi connectivity index (χ1) is 26.7. The number of hydrogen-bond donors (Lipinski definition) is 0. The smallest absolute Gasteiger partial charge is 0.247 e. The molecule has 0 fully saturated rings. The average molecular weight is 726 g/mol. The molecule has 56 heavy (non-hydrogen) atoms. The standard InChI is InChI=1S/C54H52BN/c1-29-17-33(5)50(34(6)18-29)41-13-15-48-44(25-41)45-26-43(52-37(9)21-31(3)22-38(52)10)28-47-54(45)56(48)49-16-14-42(51-35(7)19-30(2)20-36(51)8)27-46(49)55(47)53-39(11)23-32(4)24-40(53)12/h13-28H,1-12H3. The molecule has 276 valence electrons. The van der Waals surface area contributed by atoms with Crippen molar-refractivity contribution in [1.29, 1.82) is 0 Å². The second kappa shape index (κ2) is 13.0. The molecule has 1 aliphatic heterocycles. The van der Waals surface area contributed by atoms with E-state index < -0.39 is 0 Å². The number of fused-ring (bicyclic) bond motifs is 5. The van der Waals surface area contributed by atoms with Gasteiger partial charge in [-0.25, -0.2) is 0 Å². The highest BCUT2D eigenvalue weighted by atomic mass is 15.0. The molecule has 0 aliphatic carbocycles. The van der Waals surface area contributed by atoms with Gasteiger partial charge in [0, 0.05) is 22.0 Å². The Bertz CT molecular complexity index is 2890. The van der Waals surface area contributed by atoms with E-state index in [-0.39, 0.29) is 6.71 Å². The molecular formula is C54H52BN. The van der Waals surface area contributed by atoms with E-state index in [1.54, 1.807) is 0 Å². The lowest BCUT2D eigenvalue weighted by molar-refractivity contribution is 1.19. The maximum atomic E-state index is 2.60. The SMILES string of the molecule is Cc1cc(C)c(B2c3cc(-c4c(C)cc(C)cc4C)ccc3-n3c4ccc(-c5c(C)cc(C)cc5C)cc4c4cc(-c5c(C)cc(C)cc5C)cc2c43)c(C)c1. The summed E-state index contributed by atoms with van der Waals surface area (Å²) in [6, 6.07) is 38.4. The van der Waals surface area contributed by atoms with Gasteiger partial charge in [-0.15, -0.1) is 0 Å². The van der Waals surface area contributed by atoms with Crippen LogP contribution in [0.5, 0.6) is 0 Å². The summed E-state index contributed by atoms with van der Waals surface area (Å²) in [7, 11) is 0. The monoisotopic (exact) mass is 725 g/mol. The number of benzene rings is 7. The molecule has 2 heterocycles. The first-order valence-corrected chi connectivity index (χ1v) is 20.3. The van der Waals surface area contributed by atoms with Crippen LogP contribution in [0.3, 0.4) is 0 Å². The Morgan fingerprint density at radius 3 is 1.25 bits per heavy atom. The van der Waals surface area contributed by atoms with Crippen LogP contribution in [-0.4, -0.2) is 11.3 Å². The van der Waals surface area contributed by atoms with E-state index in [1.807, 2.05) is 0 Å². The lowest BCUT2D eigenvalue weighted by atomic mass is 9.34. The van der Waals surface area contributed by atoms with E-state index in [2.05, 4.69) is 185 Å². The maximum Gasteiger partial charge on any atom is 0.247 e. The maximum absolute atomic E-state index is 2.60. The third-order valence-corrected chi connectivity index (χ3v) is 12.7. The average Bonchev–Trinajstić information content (AvgIpc) is 3.42. The van der Waals surface area contributed by atoms with Gasteiger partial charge in [0.15, 0.2) is 0 Å². The molecule has 0 unspecified atom stereocenters. The van der Waals surface area contributed by atoms with Crippen LogP contribution in [0, 0.1) is 83.1 Å². The van der Waals surface area contributed by atoms with Gasteiger partial charge < -0.3 is 4.57 Å². The van der Waals surface area contributed by atoms with Crippen LogP contribution in [0.4, 0.5) is 0 Å². The summed E-state index contributed by atoms with van der Waals surface area (Å²) in [6.07, 6.45) is 0. The lowest BCUT2D eigenvalue weighted by Crippen LogP contribution is -2.57. The summed E-state index contributed by atoms with van der Waals surface area (Å²) in [5.41, 5.74) is 31.8. The molecule has 1 nitrogen and oxygen atoms in total. The largest absolute Gasteiger partial charge is 0.310 e. The second-order valence-corrected chi connectivity index (χ2v) is 17.4. The van der Waals surface area contributed by atoms with Gasteiger partial charge in [0.25, 0.3) is 0 Å². The van der Waals surface area contributed by atoms with Crippen molar-refractivity contribution >= 4 is 44.9 Å². The highest BCUT2D eigenvalue weighted by molar-refractivity contribution is 6.98. The van der Waals surface area contributed by atoms with Gasteiger partial charge in [0.1, 0.15) is 0 Å². The van der Waals surface area contributed by atoms with E-state index in [1.165, 1.54) is 144 Å². The second-order valence-electron chi connectivity index (χ2n) is 17.4. The van der Waals surface area contributed by atoms with E-state index in [4.69, 9.17) is 0 Å². The highest BCUT2D eigenvalue weighted by Crippen LogP contribution is 2.41. The fourth-order valence-electron chi connectivity index (χ4n) is 11.1. The van der Waals surface area contributed by atoms with E-state index >= 15 is 0 Å². The Morgan fingerprint density at radius 2 is 0.750 bits per heavy atom. The molecule has 8 aromatic rings. The van der Waals surface area contributed by atoms with Crippen LogP contribution < -0.4 is 16.4 Å². The van der Waals surface area contributed by atoms with Crippen molar-refractivity contribution in [1.82, 2.24) is 4.57 Å². The summed E-state index contributed by atoms with van der Waals surface area (Å²) in [5.74, 6) is 0. The first kappa shape index (κ1) is 36.1. The van der Waals surface area contributed by atoms with Crippen molar-refractivity contribution < 1.29 is 0 Å². The van der Waals surface area contributed by atoms with Gasteiger partial charge in [-0.05, 0) is 185 Å². The van der Waals surface area contributed by atoms with Crippen molar-refractivity contribution in [2.45, 2.75) is 83.1 Å². The lowest BCUT2D eigenvalue weighted by Gasteiger charge is -2.30. The number of nitrogens with zero attached hydrogens (tertiary/aromatic N) is 1. The number of aryl methyl sites for hydroxylation is 12. The van der Waals surface area contributed by atoms with Crippen molar-refractivity contribution in [3.05, 3.63) is 164 Å². The fraction of sp³-hybridized carbons (Fsp3) is 0.222. The molecule has 7 aromatic carbocycles. The van der Waals surface area contributed by atoms with Gasteiger partial charge >= 0.3 is 0 Å². The fourth-order valence-corrected chi connectivity index (χ4v) is 11.1. The Kier molecular flexibility index (Phi) is 8.37. The third-order valence-electron chi connectivity index (χ3n) is 12.7. The number of rotatable bonds is 4. The van der Waals surface area contributed by atoms with Crippen molar-refractivity contribution in [3.8, 4) is 39.1 Å². The zero-order chi connectivity index (χ0) is 39.5. The molecule has 0 radical (unpaired) electrons. The van der Waals surface area contributed by atoms with Gasteiger partial charge in [-0.3, -0.25) is 0 Å². The van der Waals surface area contributed by atoms with Crippen LogP contribution in [0.15, 0.2) is 97.1 Å². The minimum absolute atomic E-state index is 0.0583. The van der Waals surface area contributed by atoms with Crippen molar-refractivity contribution in [2.24, 2.45) is 0 Å². The third kappa shape index (κ3) is 5.52. The molecule has 0 N–H and O–H groups in total. The van der Waals surface area contributed by atoms with E-state index in [0.29, 0.717) is 0 Å². The predicted molar refractivity (Wildman–Crippen MR) is 245 cm³/mol. The van der Waals surface area contributed by atoms with Crippen LogP contribution >= 0.6 is 0 Å². The number of hydrogen-bond acceptors (Lipinski definition) is 0. The van der Waals surface area contributed by atoms with Crippen molar-refractivity contribution in [2.75, 3.05) is 0 Å². The Balaban J connectivity index is 1.45. The van der Waals surface area contributed by atoms with Gasteiger partial charge in [0.05, 0.1) is 5.52 Å². The minimum atomic E-state index is 0.0583. The molecule has 2 heteroatoms. The summed E-state index contributed by atoms with van der Waals surface area (Å²) >= 11 is 0. The molecular weight excluding hydrogens is 673 g/mol. The quantitative estimate of drug-likeness (QED) is 0.159. The van der Waals surface area contributed by atoms with Crippen LogP contribution in [-0.2, 0) is 0 Å². The molecule has 0 bridgehead atoms. The Hall–Kier alpha value is -5.60. The molecule has 0 amide bonds. The molecule has 1 aromatic heterocycles. The van der Waals surface area contributed by atoms with Gasteiger partial charge in [-0.1, -0.05) is 112 Å². The van der Waals surface area contributed by atoms with Crippen LogP contribution in [0.2, 0.25) is 0 Å². The van der Waals surface area contributed by atoms with E-state index in [0.717, 1.165) is 0 Å². The molecule has 0 spiro atoms. The summed E-state index contributed by atoms with van der Waals surface area (Å²) in [4.78, 5) is 0. The highest BCUT2D eigenvalue weighted by Gasteiger charge is 2.36. The van der Waals surface area contributed by atoms with Crippen molar-refractivity contribution in [3.63, 3.8) is 0 Å². The van der Waals surface area contributed by atoms with Crippen LogP contribution in [0.25, 0.3) is 60.9 Å².